The van der Waals surface area contributed by atoms with Crippen LogP contribution < -0.4 is 10.6 Å². The first-order valence-electron chi connectivity index (χ1n) is 4.27. The van der Waals surface area contributed by atoms with E-state index in [1.807, 2.05) is 6.07 Å². The van der Waals surface area contributed by atoms with Gasteiger partial charge in [0, 0.05) is 9.50 Å². The van der Waals surface area contributed by atoms with Crippen LogP contribution in [-0.2, 0) is 0 Å². The molecule has 0 saturated carbocycles. The molecule has 1 aromatic rings. The minimum atomic E-state index is -0.192. The minimum Gasteiger partial charge on any atom is -0.369 e. The molecule has 1 rings (SSSR count). The summed E-state index contributed by atoms with van der Waals surface area (Å²) in [5.74, 6) is -0.192. The van der Waals surface area contributed by atoms with E-state index in [9.17, 15) is 0 Å². The fourth-order valence-corrected chi connectivity index (χ4v) is 1.77. The van der Waals surface area contributed by atoms with Crippen LogP contribution in [0.2, 0.25) is 5.02 Å². The molecule has 2 nitrogen and oxygen atoms in total. The van der Waals surface area contributed by atoms with Gasteiger partial charge in [0.25, 0.3) is 0 Å². The van der Waals surface area contributed by atoms with E-state index in [0.717, 1.165) is 10.2 Å². The summed E-state index contributed by atoms with van der Waals surface area (Å²) in [6.45, 7) is 1.81. The van der Waals surface area contributed by atoms with Crippen LogP contribution >= 0.6 is 39.7 Å². The van der Waals surface area contributed by atoms with Gasteiger partial charge < -0.3 is 10.6 Å². The zero-order valence-corrected chi connectivity index (χ0v) is 11.2. The van der Waals surface area contributed by atoms with Crippen LogP contribution in [0.5, 0.6) is 0 Å². The lowest BCUT2D eigenvalue weighted by molar-refractivity contribution is 0.894. The number of thiocarbonyl (C=S) groups is 1. The maximum atomic E-state index is 5.86. The average molecular weight is 303 g/mol. The first-order valence-corrected chi connectivity index (χ1v) is 5.85. The summed E-state index contributed by atoms with van der Waals surface area (Å²) in [6.07, 6.45) is 0. The zero-order valence-electron chi connectivity index (χ0n) is 8.05. The standard InChI is InChI=1S/C9H9BBrClN2S/c1-5(10)13-9(15)14-8-4-6(12)2-3-7(8)11/h2-5H,1H3,(H2,13,14,15). The lowest BCUT2D eigenvalue weighted by Crippen LogP contribution is -2.36. The van der Waals surface area contributed by atoms with E-state index in [4.69, 9.17) is 31.7 Å². The average Bonchev–Trinajstić information content (AvgIpc) is 2.10. The van der Waals surface area contributed by atoms with Gasteiger partial charge in [-0.2, -0.15) is 0 Å². The van der Waals surface area contributed by atoms with Crippen LogP contribution in [0.15, 0.2) is 22.7 Å². The second kappa shape index (κ2) is 5.73. The van der Waals surface area contributed by atoms with Gasteiger partial charge >= 0.3 is 0 Å². The zero-order chi connectivity index (χ0) is 11.4. The lowest BCUT2D eigenvalue weighted by Gasteiger charge is -2.14. The molecule has 0 spiro atoms. The normalized spacial score (nSPS) is 11.9. The Bertz CT molecular complexity index is 373. The molecule has 0 amide bonds. The number of halogens is 2. The van der Waals surface area contributed by atoms with Gasteiger partial charge in [0.2, 0.25) is 0 Å². The summed E-state index contributed by atoms with van der Waals surface area (Å²) in [6, 6.07) is 5.42. The fourth-order valence-electron chi connectivity index (χ4n) is 0.958. The molecule has 0 aliphatic rings. The van der Waals surface area contributed by atoms with Gasteiger partial charge in [0.05, 0.1) is 13.5 Å². The molecule has 0 fully saturated rings. The molecule has 6 heteroatoms. The fraction of sp³-hybridized carbons (Fsp3) is 0.222. The van der Waals surface area contributed by atoms with E-state index >= 15 is 0 Å². The Morgan fingerprint density at radius 2 is 2.27 bits per heavy atom. The SMILES string of the molecule is [B]C(C)NC(=S)Nc1cc(Cl)ccc1Br. The summed E-state index contributed by atoms with van der Waals surface area (Å²) in [5, 5.41) is 6.97. The molecule has 0 aromatic heterocycles. The third kappa shape index (κ3) is 4.41. The number of rotatable bonds is 2. The minimum absolute atomic E-state index is 0.192. The first kappa shape index (κ1) is 12.8. The molecule has 0 aliphatic carbocycles. The van der Waals surface area contributed by atoms with Crippen molar-refractivity contribution in [3.8, 4) is 0 Å². The second-order valence-electron chi connectivity index (χ2n) is 3.01. The molecule has 78 valence electrons. The Hall–Kier alpha value is -0.255. The number of nitrogens with one attached hydrogen (secondary N) is 2. The van der Waals surface area contributed by atoms with Crippen LogP contribution in [-0.4, -0.2) is 18.9 Å². The number of anilines is 1. The molecule has 2 radical (unpaired) electrons. The van der Waals surface area contributed by atoms with Crippen molar-refractivity contribution in [1.82, 2.24) is 5.32 Å². The molecule has 1 atom stereocenters. The van der Waals surface area contributed by atoms with Crippen LogP contribution in [0.1, 0.15) is 6.92 Å². The van der Waals surface area contributed by atoms with Crippen molar-refractivity contribution in [2.45, 2.75) is 12.9 Å². The Balaban J connectivity index is 2.71. The van der Waals surface area contributed by atoms with E-state index in [1.54, 1.807) is 19.1 Å². The Morgan fingerprint density at radius 3 is 2.87 bits per heavy atom. The molecular formula is C9H9BBrClN2S. The second-order valence-corrected chi connectivity index (χ2v) is 4.71. The highest BCUT2D eigenvalue weighted by atomic mass is 79.9. The highest BCUT2D eigenvalue weighted by Gasteiger charge is 2.03. The molecule has 1 aromatic carbocycles. The molecule has 0 heterocycles. The molecular weight excluding hydrogens is 294 g/mol. The van der Waals surface area contributed by atoms with E-state index in [1.165, 1.54) is 0 Å². The van der Waals surface area contributed by atoms with Crippen LogP contribution in [0.4, 0.5) is 5.69 Å². The van der Waals surface area contributed by atoms with Crippen molar-refractivity contribution >= 4 is 58.4 Å². The molecule has 0 aliphatic heterocycles. The van der Waals surface area contributed by atoms with Crippen molar-refractivity contribution in [2.75, 3.05) is 5.32 Å². The molecule has 0 saturated heterocycles. The molecule has 2 N–H and O–H groups in total. The third-order valence-electron chi connectivity index (χ3n) is 1.54. The van der Waals surface area contributed by atoms with Crippen molar-refractivity contribution in [3.05, 3.63) is 27.7 Å². The Labute approximate surface area is 109 Å². The summed E-state index contributed by atoms with van der Waals surface area (Å²) >= 11 is 14.3. The highest BCUT2D eigenvalue weighted by Crippen LogP contribution is 2.25. The summed E-state index contributed by atoms with van der Waals surface area (Å²) < 4.78 is 0.890. The third-order valence-corrected chi connectivity index (χ3v) is 2.68. The maximum Gasteiger partial charge on any atom is 0.170 e. The molecule has 15 heavy (non-hydrogen) atoms. The van der Waals surface area contributed by atoms with E-state index in [2.05, 4.69) is 26.6 Å². The summed E-state index contributed by atoms with van der Waals surface area (Å²) in [7, 11) is 5.54. The smallest absolute Gasteiger partial charge is 0.170 e. The van der Waals surface area contributed by atoms with E-state index in [0.29, 0.717) is 10.1 Å². The highest BCUT2D eigenvalue weighted by molar-refractivity contribution is 9.10. The van der Waals surface area contributed by atoms with Gasteiger partial charge in [-0.3, -0.25) is 0 Å². The van der Waals surface area contributed by atoms with Crippen LogP contribution in [0.25, 0.3) is 0 Å². The van der Waals surface area contributed by atoms with E-state index in [-0.39, 0.29) is 5.94 Å². The van der Waals surface area contributed by atoms with Crippen LogP contribution in [0.3, 0.4) is 0 Å². The topological polar surface area (TPSA) is 24.1 Å². The lowest BCUT2D eigenvalue weighted by atomic mass is 10.00. The predicted octanol–water partition coefficient (Wildman–Crippen LogP) is 2.90. The quantitative estimate of drug-likeness (QED) is 0.649. The van der Waals surface area contributed by atoms with Gasteiger partial charge in [-0.1, -0.05) is 18.5 Å². The van der Waals surface area contributed by atoms with Gasteiger partial charge in [-0.25, -0.2) is 0 Å². The van der Waals surface area contributed by atoms with Gasteiger partial charge in [0.1, 0.15) is 0 Å². The molecule has 0 bridgehead atoms. The summed E-state index contributed by atoms with van der Waals surface area (Å²) in [4.78, 5) is 0. The van der Waals surface area contributed by atoms with Gasteiger partial charge in [-0.05, 0) is 52.3 Å². The predicted molar refractivity (Wildman–Crippen MR) is 73.7 cm³/mol. The van der Waals surface area contributed by atoms with Gasteiger partial charge in [-0.15, -0.1) is 0 Å². The number of hydrogen-bond acceptors (Lipinski definition) is 1. The number of benzene rings is 1. The summed E-state index contributed by atoms with van der Waals surface area (Å²) in [5.41, 5.74) is 0.806. The largest absolute Gasteiger partial charge is 0.369 e. The van der Waals surface area contributed by atoms with Crippen molar-refractivity contribution in [1.29, 1.82) is 0 Å². The Morgan fingerprint density at radius 1 is 1.60 bits per heavy atom. The van der Waals surface area contributed by atoms with Crippen molar-refractivity contribution in [3.63, 3.8) is 0 Å². The van der Waals surface area contributed by atoms with Crippen molar-refractivity contribution in [2.24, 2.45) is 0 Å². The van der Waals surface area contributed by atoms with Crippen LogP contribution in [0, 0.1) is 0 Å². The van der Waals surface area contributed by atoms with E-state index < -0.39 is 0 Å². The first-order chi connectivity index (χ1) is 6.99. The van der Waals surface area contributed by atoms with Gasteiger partial charge in [0.15, 0.2) is 5.11 Å². The monoisotopic (exact) mass is 302 g/mol. The maximum absolute atomic E-state index is 5.86. The number of hydrogen-bond donors (Lipinski definition) is 2. The van der Waals surface area contributed by atoms with Crippen molar-refractivity contribution < 1.29 is 0 Å². The Kier molecular flexibility index (Phi) is 4.89. The molecule has 1 unspecified atom stereocenters.